The summed E-state index contributed by atoms with van der Waals surface area (Å²) < 4.78 is 5.36. The van der Waals surface area contributed by atoms with Crippen LogP contribution in [0.15, 0.2) is 36.9 Å². The van der Waals surface area contributed by atoms with E-state index in [-0.39, 0.29) is 17.2 Å². The fourth-order valence-electron chi connectivity index (χ4n) is 2.22. The van der Waals surface area contributed by atoms with Crippen molar-refractivity contribution in [3.63, 3.8) is 0 Å². The highest BCUT2D eigenvalue weighted by Crippen LogP contribution is 2.15. The second kappa shape index (κ2) is 9.77. The van der Waals surface area contributed by atoms with E-state index < -0.39 is 11.9 Å². The highest BCUT2D eigenvalue weighted by atomic mass is 16.5. The second-order valence-electron chi connectivity index (χ2n) is 5.23. The third-order valence-corrected chi connectivity index (χ3v) is 3.49. The topological polar surface area (TPSA) is 63.6 Å². The molecule has 0 aliphatic rings. The monoisotopic (exact) mass is 304 g/mol. The fourth-order valence-corrected chi connectivity index (χ4v) is 2.22. The Hall–Kier alpha value is -2.10. The van der Waals surface area contributed by atoms with Gasteiger partial charge in [0.2, 0.25) is 0 Å². The van der Waals surface area contributed by atoms with Crippen molar-refractivity contribution in [2.45, 2.75) is 51.6 Å². The van der Waals surface area contributed by atoms with Crippen molar-refractivity contribution in [3.05, 3.63) is 48.0 Å². The van der Waals surface area contributed by atoms with Crippen molar-refractivity contribution in [3.8, 4) is 0 Å². The summed E-state index contributed by atoms with van der Waals surface area (Å²) in [6, 6.07) is 6.06. The lowest BCUT2D eigenvalue weighted by Crippen LogP contribution is -2.18. The molecule has 0 saturated carbocycles. The molecule has 1 rings (SSSR count). The normalized spacial score (nSPS) is 11.7. The number of carbonyl (C=O) groups is 2. The largest absolute Gasteiger partial charge is 0.478 e. The molecule has 0 fully saturated rings. The van der Waals surface area contributed by atoms with Crippen LogP contribution >= 0.6 is 0 Å². The number of aromatic carboxylic acids is 1. The minimum Gasteiger partial charge on any atom is -0.478 e. The summed E-state index contributed by atoms with van der Waals surface area (Å²) >= 11 is 0. The van der Waals surface area contributed by atoms with Gasteiger partial charge < -0.3 is 9.84 Å². The summed E-state index contributed by atoms with van der Waals surface area (Å²) in [5.41, 5.74) is 0.0334. The number of ether oxygens (including phenoxy) is 1. The first-order valence-electron chi connectivity index (χ1n) is 7.76. The number of esters is 1. The van der Waals surface area contributed by atoms with Crippen LogP contribution < -0.4 is 0 Å². The Labute approximate surface area is 131 Å². The van der Waals surface area contributed by atoms with Gasteiger partial charge in [-0.15, -0.1) is 0 Å². The zero-order valence-electron chi connectivity index (χ0n) is 13.1. The highest BCUT2D eigenvalue weighted by Gasteiger charge is 2.19. The molecule has 4 nitrogen and oxygen atoms in total. The predicted molar refractivity (Wildman–Crippen MR) is 86.2 cm³/mol. The summed E-state index contributed by atoms with van der Waals surface area (Å²) in [6.45, 7) is 5.85. The average Bonchev–Trinajstić information content (AvgIpc) is 2.53. The number of hydrogen-bond donors (Lipinski definition) is 1. The Balaban J connectivity index is 2.58. The molecule has 1 aromatic carbocycles. The molecule has 1 aromatic rings. The zero-order valence-corrected chi connectivity index (χ0v) is 13.1. The van der Waals surface area contributed by atoms with E-state index in [0.29, 0.717) is 6.42 Å². The van der Waals surface area contributed by atoms with Crippen molar-refractivity contribution < 1.29 is 19.4 Å². The molecule has 0 amide bonds. The van der Waals surface area contributed by atoms with Crippen LogP contribution in [0.5, 0.6) is 0 Å². The quantitative estimate of drug-likeness (QED) is 0.394. The van der Waals surface area contributed by atoms with Gasteiger partial charge in [0.25, 0.3) is 0 Å². The maximum atomic E-state index is 12.1. The molecule has 1 atom stereocenters. The summed E-state index contributed by atoms with van der Waals surface area (Å²) in [6.07, 6.45) is 7.57. The average molecular weight is 304 g/mol. The lowest BCUT2D eigenvalue weighted by atomic mass is 10.1. The third kappa shape index (κ3) is 5.72. The van der Waals surface area contributed by atoms with E-state index in [1.54, 1.807) is 18.2 Å². The van der Waals surface area contributed by atoms with Crippen LogP contribution in [0.2, 0.25) is 0 Å². The molecule has 0 aromatic heterocycles. The summed E-state index contributed by atoms with van der Waals surface area (Å²) in [5.74, 6) is -1.75. The number of rotatable bonds is 10. The molecule has 0 spiro atoms. The number of hydrogen-bond acceptors (Lipinski definition) is 3. The summed E-state index contributed by atoms with van der Waals surface area (Å²) in [4.78, 5) is 23.3. The molecule has 22 heavy (non-hydrogen) atoms. The molecular weight excluding hydrogens is 280 g/mol. The first-order valence-corrected chi connectivity index (χ1v) is 7.76. The van der Waals surface area contributed by atoms with Crippen LogP contribution in [0.1, 0.15) is 66.2 Å². The van der Waals surface area contributed by atoms with Crippen LogP contribution in [0, 0.1) is 0 Å². The highest BCUT2D eigenvalue weighted by molar-refractivity contribution is 6.02. The maximum absolute atomic E-state index is 12.1. The third-order valence-electron chi connectivity index (χ3n) is 3.49. The van der Waals surface area contributed by atoms with Gasteiger partial charge in [0.05, 0.1) is 11.1 Å². The van der Waals surface area contributed by atoms with Crippen molar-refractivity contribution in [2.75, 3.05) is 0 Å². The Kier molecular flexibility index (Phi) is 7.97. The van der Waals surface area contributed by atoms with Gasteiger partial charge in [-0.25, -0.2) is 9.59 Å². The summed E-state index contributed by atoms with van der Waals surface area (Å²) in [5, 5.41) is 9.10. The van der Waals surface area contributed by atoms with Crippen molar-refractivity contribution in [1.82, 2.24) is 0 Å². The Morgan fingerprint density at radius 3 is 2.41 bits per heavy atom. The Bertz CT molecular complexity index is 508. The van der Waals surface area contributed by atoms with Crippen LogP contribution in [0.25, 0.3) is 0 Å². The van der Waals surface area contributed by atoms with E-state index in [1.165, 1.54) is 31.4 Å². The molecule has 1 N–H and O–H groups in total. The van der Waals surface area contributed by atoms with Crippen molar-refractivity contribution >= 4 is 11.9 Å². The van der Waals surface area contributed by atoms with E-state index in [1.807, 2.05) is 0 Å². The Morgan fingerprint density at radius 1 is 1.18 bits per heavy atom. The van der Waals surface area contributed by atoms with E-state index in [9.17, 15) is 9.59 Å². The number of carbonyl (C=O) groups excluding carboxylic acids is 1. The standard InChI is InChI=1S/C18H24O4/c1-3-5-6-7-8-11-14(4-2)22-18(21)16-13-10-9-12-15(16)17(19)20/h4,9-10,12-14H,2-3,5-8,11H2,1H3,(H,19,20). The van der Waals surface area contributed by atoms with E-state index in [4.69, 9.17) is 9.84 Å². The van der Waals surface area contributed by atoms with Gasteiger partial charge in [0.15, 0.2) is 0 Å². The number of unbranched alkanes of at least 4 members (excludes halogenated alkanes) is 4. The van der Waals surface area contributed by atoms with E-state index >= 15 is 0 Å². The Morgan fingerprint density at radius 2 is 1.82 bits per heavy atom. The molecule has 0 bridgehead atoms. The lowest BCUT2D eigenvalue weighted by molar-refractivity contribution is 0.0370. The summed E-state index contributed by atoms with van der Waals surface area (Å²) in [7, 11) is 0. The zero-order chi connectivity index (χ0) is 16.4. The maximum Gasteiger partial charge on any atom is 0.339 e. The van der Waals surface area contributed by atoms with Gasteiger partial charge in [0, 0.05) is 0 Å². The molecule has 0 radical (unpaired) electrons. The van der Waals surface area contributed by atoms with Gasteiger partial charge in [-0.05, 0) is 25.0 Å². The van der Waals surface area contributed by atoms with E-state index in [0.717, 1.165) is 12.8 Å². The first-order chi connectivity index (χ1) is 10.6. The second-order valence-corrected chi connectivity index (χ2v) is 5.23. The molecule has 0 aliphatic carbocycles. The molecule has 0 heterocycles. The molecule has 120 valence electrons. The van der Waals surface area contributed by atoms with Crippen LogP contribution in [-0.4, -0.2) is 23.1 Å². The predicted octanol–water partition coefficient (Wildman–Crippen LogP) is 4.46. The number of benzene rings is 1. The molecule has 1 unspecified atom stereocenters. The fraction of sp³-hybridized carbons (Fsp3) is 0.444. The van der Waals surface area contributed by atoms with Gasteiger partial charge in [0.1, 0.15) is 6.10 Å². The van der Waals surface area contributed by atoms with Crippen LogP contribution in [0.4, 0.5) is 0 Å². The molecular formula is C18H24O4. The number of carboxylic acid groups (broad SMARTS) is 1. The van der Waals surface area contributed by atoms with Gasteiger partial charge in [-0.1, -0.05) is 57.4 Å². The first kappa shape index (κ1) is 18.0. The minimum absolute atomic E-state index is 0.0433. The van der Waals surface area contributed by atoms with Gasteiger partial charge in [-0.2, -0.15) is 0 Å². The smallest absolute Gasteiger partial charge is 0.339 e. The van der Waals surface area contributed by atoms with Crippen molar-refractivity contribution in [1.29, 1.82) is 0 Å². The van der Waals surface area contributed by atoms with Crippen LogP contribution in [0.3, 0.4) is 0 Å². The van der Waals surface area contributed by atoms with Crippen molar-refractivity contribution in [2.24, 2.45) is 0 Å². The van der Waals surface area contributed by atoms with Gasteiger partial charge in [-0.3, -0.25) is 0 Å². The SMILES string of the molecule is C=CC(CCCCCCC)OC(=O)c1ccccc1C(=O)O. The molecule has 0 aliphatic heterocycles. The molecule has 0 saturated heterocycles. The van der Waals surface area contributed by atoms with Crippen LogP contribution in [-0.2, 0) is 4.74 Å². The lowest BCUT2D eigenvalue weighted by Gasteiger charge is -2.15. The van der Waals surface area contributed by atoms with E-state index in [2.05, 4.69) is 13.5 Å². The number of carboxylic acids is 1. The minimum atomic E-state index is -1.14. The van der Waals surface area contributed by atoms with Gasteiger partial charge >= 0.3 is 11.9 Å². The molecule has 4 heteroatoms.